The zero-order valence-electron chi connectivity index (χ0n) is 10.9. The molecule has 6 nitrogen and oxygen atoms in total. The van der Waals surface area contributed by atoms with Crippen LogP contribution in [0.3, 0.4) is 0 Å². The van der Waals surface area contributed by atoms with Gasteiger partial charge in [0, 0.05) is 12.2 Å². The molecule has 2 aromatic heterocycles. The number of nitrogens with zero attached hydrogens (tertiary/aromatic N) is 3. The Morgan fingerprint density at radius 2 is 2.26 bits per heavy atom. The maximum Gasteiger partial charge on any atom is 0.198 e. The average molecular weight is 282 g/mol. The number of anilines is 1. The van der Waals surface area contributed by atoms with Crippen LogP contribution >= 0.6 is 11.6 Å². The summed E-state index contributed by atoms with van der Waals surface area (Å²) in [7, 11) is 1.55. The van der Waals surface area contributed by atoms with Crippen LogP contribution in [0.1, 0.15) is 17.7 Å². The summed E-state index contributed by atoms with van der Waals surface area (Å²) in [5.74, 6) is 1.09. The normalized spacial score (nSPS) is 10.5. The Labute approximate surface area is 116 Å². The molecule has 0 unspecified atom stereocenters. The molecular formula is C12H16ClN5O. The number of aryl methyl sites for hydroxylation is 2. The predicted molar refractivity (Wildman–Crippen MR) is 73.7 cm³/mol. The van der Waals surface area contributed by atoms with Gasteiger partial charge in [0.2, 0.25) is 0 Å². The van der Waals surface area contributed by atoms with E-state index in [9.17, 15) is 0 Å². The van der Waals surface area contributed by atoms with Gasteiger partial charge in [-0.15, -0.1) is 0 Å². The minimum Gasteiger partial charge on any atom is -0.490 e. The van der Waals surface area contributed by atoms with Crippen LogP contribution in [0.2, 0.25) is 5.15 Å². The van der Waals surface area contributed by atoms with Crippen LogP contribution in [-0.4, -0.2) is 33.8 Å². The SMILES string of the molecule is COc1c(Cl)ncnc1NCCCc1cn[nH]c1C. The standard InChI is InChI=1S/C12H16ClN5O/c1-8-9(6-17-18-8)4-3-5-14-12-10(19-2)11(13)15-7-16-12/h6-7H,3-5H2,1-2H3,(H,17,18)(H,14,15,16). The molecule has 7 heteroatoms. The lowest BCUT2D eigenvalue weighted by molar-refractivity contribution is 0.413. The van der Waals surface area contributed by atoms with Crippen LogP contribution in [-0.2, 0) is 6.42 Å². The molecule has 0 amide bonds. The Morgan fingerprint density at radius 1 is 1.42 bits per heavy atom. The number of hydrogen-bond donors (Lipinski definition) is 2. The minimum atomic E-state index is 0.311. The van der Waals surface area contributed by atoms with Crippen molar-refractivity contribution >= 4 is 17.4 Å². The van der Waals surface area contributed by atoms with Crippen molar-refractivity contribution in [3.8, 4) is 5.75 Å². The van der Waals surface area contributed by atoms with Crippen molar-refractivity contribution in [1.82, 2.24) is 20.2 Å². The summed E-state index contributed by atoms with van der Waals surface area (Å²) < 4.78 is 5.16. The molecule has 2 N–H and O–H groups in total. The molecular weight excluding hydrogens is 266 g/mol. The van der Waals surface area contributed by atoms with Crippen LogP contribution in [0.4, 0.5) is 5.82 Å². The predicted octanol–water partition coefficient (Wildman–Crippen LogP) is 2.21. The Balaban J connectivity index is 1.86. The zero-order valence-corrected chi connectivity index (χ0v) is 11.7. The van der Waals surface area contributed by atoms with Gasteiger partial charge in [0.15, 0.2) is 16.7 Å². The van der Waals surface area contributed by atoms with Gasteiger partial charge in [-0.1, -0.05) is 11.6 Å². The molecule has 0 saturated carbocycles. The number of methoxy groups -OCH3 is 1. The van der Waals surface area contributed by atoms with E-state index >= 15 is 0 Å². The fourth-order valence-electron chi connectivity index (χ4n) is 1.77. The third-order valence-electron chi connectivity index (χ3n) is 2.81. The van der Waals surface area contributed by atoms with Gasteiger partial charge in [-0.3, -0.25) is 5.10 Å². The summed E-state index contributed by atoms with van der Waals surface area (Å²) in [6, 6.07) is 0. The van der Waals surface area contributed by atoms with E-state index in [0.717, 1.165) is 25.1 Å². The van der Waals surface area contributed by atoms with Crippen molar-refractivity contribution in [2.45, 2.75) is 19.8 Å². The summed E-state index contributed by atoms with van der Waals surface area (Å²) >= 11 is 5.92. The summed E-state index contributed by atoms with van der Waals surface area (Å²) in [5.41, 5.74) is 2.34. The molecule has 0 spiro atoms. The van der Waals surface area contributed by atoms with Gasteiger partial charge in [-0.05, 0) is 25.3 Å². The van der Waals surface area contributed by atoms with Crippen molar-refractivity contribution < 1.29 is 4.74 Å². The van der Waals surface area contributed by atoms with Gasteiger partial charge in [0.1, 0.15) is 6.33 Å². The van der Waals surface area contributed by atoms with Gasteiger partial charge in [0.25, 0.3) is 0 Å². The summed E-state index contributed by atoms with van der Waals surface area (Å²) in [5, 5.41) is 10.4. The molecule has 0 saturated heterocycles. The van der Waals surface area contributed by atoms with Crippen molar-refractivity contribution in [3.05, 3.63) is 28.9 Å². The van der Waals surface area contributed by atoms with E-state index in [4.69, 9.17) is 16.3 Å². The number of halogens is 1. The van der Waals surface area contributed by atoms with E-state index in [1.807, 2.05) is 13.1 Å². The van der Waals surface area contributed by atoms with Crippen molar-refractivity contribution in [3.63, 3.8) is 0 Å². The number of ether oxygens (including phenoxy) is 1. The highest BCUT2D eigenvalue weighted by Crippen LogP contribution is 2.28. The third kappa shape index (κ3) is 3.35. The van der Waals surface area contributed by atoms with Crippen LogP contribution in [0, 0.1) is 6.92 Å². The maximum absolute atomic E-state index is 5.92. The molecule has 102 valence electrons. The molecule has 2 heterocycles. The number of nitrogens with one attached hydrogen (secondary N) is 2. The largest absolute Gasteiger partial charge is 0.490 e. The Hall–Kier alpha value is -1.82. The highest BCUT2D eigenvalue weighted by atomic mass is 35.5. The monoisotopic (exact) mass is 281 g/mol. The molecule has 0 atom stereocenters. The molecule has 0 aromatic carbocycles. The zero-order chi connectivity index (χ0) is 13.7. The summed E-state index contributed by atoms with van der Waals surface area (Å²) in [6.07, 6.45) is 5.19. The van der Waals surface area contributed by atoms with E-state index < -0.39 is 0 Å². The first kappa shape index (κ1) is 13.6. The van der Waals surface area contributed by atoms with Crippen molar-refractivity contribution in [1.29, 1.82) is 0 Å². The third-order valence-corrected chi connectivity index (χ3v) is 3.08. The first-order chi connectivity index (χ1) is 9.22. The smallest absolute Gasteiger partial charge is 0.198 e. The molecule has 0 aliphatic rings. The Morgan fingerprint density at radius 3 is 2.95 bits per heavy atom. The van der Waals surface area contributed by atoms with Crippen molar-refractivity contribution in [2.24, 2.45) is 0 Å². The van der Waals surface area contributed by atoms with E-state index in [-0.39, 0.29) is 0 Å². The van der Waals surface area contributed by atoms with Gasteiger partial charge < -0.3 is 10.1 Å². The minimum absolute atomic E-state index is 0.311. The topological polar surface area (TPSA) is 75.7 Å². The second kappa shape index (κ2) is 6.38. The first-order valence-corrected chi connectivity index (χ1v) is 6.37. The van der Waals surface area contributed by atoms with Crippen LogP contribution in [0.5, 0.6) is 5.75 Å². The summed E-state index contributed by atoms with van der Waals surface area (Å²) in [4.78, 5) is 7.98. The maximum atomic E-state index is 5.92. The van der Waals surface area contributed by atoms with Gasteiger partial charge in [-0.25, -0.2) is 9.97 Å². The molecule has 2 rings (SSSR count). The van der Waals surface area contributed by atoms with E-state index in [0.29, 0.717) is 16.7 Å². The second-order valence-electron chi connectivity index (χ2n) is 4.10. The number of aromatic nitrogens is 4. The van der Waals surface area contributed by atoms with Gasteiger partial charge >= 0.3 is 0 Å². The van der Waals surface area contributed by atoms with E-state index in [1.165, 1.54) is 11.9 Å². The highest BCUT2D eigenvalue weighted by Gasteiger charge is 2.09. The molecule has 2 aromatic rings. The van der Waals surface area contributed by atoms with E-state index in [2.05, 4.69) is 25.5 Å². The molecule has 0 aliphatic heterocycles. The van der Waals surface area contributed by atoms with Crippen LogP contribution in [0.15, 0.2) is 12.5 Å². The average Bonchev–Trinajstić information content (AvgIpc) is 2.80. The quantitative estimate of drug-likeness (QED) is 0.627. The molecule has 19 heavy (non-hydrogen) atoms. The molecule has 0 radical (unpaired) electrons. The van der Waals surface area contributed by atoms with Gasteiger partial charge in [-0.2, -0.15) is 5.10 Å². The number of rotatable bonds is 6. The van der Waals surface area contributed by atoms with Crippen LogP contribution in [0.25, 0.3) is 0 Å². The molecule has 0 aliphatic carbocycles. The van der Waals surface area contributed by atoms with Crippen molar-refractivity contribution in [2.75, 3.05) is 19.0 Å². The number of hydrogen-bond acceptors (Lipinski definition) is 5. The molecule has 0 fully saturated rings. The van der Waals surface area contributed by atoms with Gasteiger partial charge in [0.05, 0.1) is 13.3 Å². The fourth-order valence-corrected chi connectivity index (χ4v) is 1.98. The lowest BCUT2D eigenvalue weighted by atomic mass is 10.1. The Kier molecular flexibility index (Phi) is 4.57. The number of H-pyrrole nitrogens is 1. The second-order valence-corrected chi connectivity index (χ2v) is 4.45. The number of aromatic amines is 1. The van der Waals surface area contributed by atoms with Crippen LogP contribution < -0.4 is 10.1 Å². The Bertz CT molecular complexity index is 543. The lowest BCUT2D eigenvalue weighted by Crippen LogP contribution is -2.07. The van der Waals surface area contributed by atoms with E-state index in [1.54, 1.807) is 7.11 Å². The first-order valence-electron chi connectivity index (χ1n) is 5.99. The summed E-state index contributed by atoms with van der Waals surface area (Å²) in [6.45, 7) is 2.79. The molecule has 0 bridgehead atoms. The fraction of sp³-hybridized carbons (Fsp3) is 0.417. The highest BCUT2D eigenvalue weighted by molar-refractivity contribution is 6.31. The lowest BCUT2D eigenvalue weighted by Gasteiger charge is -2.10.